The van der Waals surface area contributed by atoms with Gasteiger partial charge >= 0.3 is 0 Å². The zero-order valence-electron chi connectivity index (χ0n) is 8.10. The van der Waals surface area contributed by atoms with E-state index in [0.29, 0.717) is 13.0 Å². The highest BCUT2D eigenvalue weighted by Gasteiger charge is 1.98. The van der Waals surface area contributed by atoms with Crippen molar-refractivity contribution in [3.8, 4) is 0 Å². The number of rotatable bonds is 4. The predicted molar refractivity (Wildman–Crippen MR) is 54.3 cm³/mol. The Kier molecular flexibility index (Phi) is 3.94. The fraction of sp³-hybridized carbons (Fsp3) is 0.300. The summed E-state index contributed by atoms with van der Waals surface area (Å²) in [6.45, 7) is 0.573. The first kappa shape index (κ1) is 10.5. The zero-order valence-corrected chi connectivity index (χ0v) is 8.10. The fourth-order valence-corrected chi connectivity index (χ4v) is 1.24. The molecule has 0 spiro atoms. The van der Waals surface area contributed by atoms with E-state index in [1.54, 1.807) is 7.11 Å². The van der Waals surface area contributed by atoms with Crippen molar-refractivity contribution >= 4 is 5.84 Å². The van der Waals surface area contributed by atoms with Crippen molar-refractivity contribution in [3.05, 3.63) is 35.4 Å². The van der Waals surface area contributed by atoms with Gasteiger partial charge in [-0.25, -0.2) is 0 Å². The molecule has 0 amide bonds. The molecule has 4 heteroatoms. The summed E-state index contributed by atoms with van der Waals surface area (Å²) in [6, 6.07) is 7.80. The van der Waals surface area contributed by atoms with Gasteiger partial charge in [0.2, 0.25) is 0 Å². The first-order chi connectivity index (χ1) is 6.76. The molecule has 1 aromatic carbocycles. The van der Waals surface area contributed by atoms with Crippen molar-refractivity contribution in [1.29, 1.82) is 0 Å². The maximum absolute atomic E-state index is 8.41. The van der Waals surface area contributed by atoms with Gasteiger partial charge in [0.25, 0.3) is 0 Å². The summed E-state index contributed by atoms with van der Waals surface area (Å²) >= 11 is 0. The monoisotopic (exact) mass is 194 g/mol. The standard InChI is InChI=1S/C10H14N2O2/c1-14-7-9-4-2-3-8(5-9)6-10(11)12-13/h2-5,13H,6-7H2,1H3,(H2,11,12). The number of methoxy groups -OCH3 is 1. The lowest BCUT2D eigenvalue weighted by molar-refractivity contribution is 0.185. The quantitative estimate of drug-likeness (QED) is 0.326. The SMILES string of the molecule is COCc1cccc(C/C(N)=N/O)c1. The Bertz CT molecular complexity index is 324. The Labute approximate surface area is 83.0 Å². The number of amidine groups is 1. The van der Waals surface area contributed by atoms with Gasteiger partial charge in [-0.05, 0) is 11.1 Å². The molecule has 0 saturated carbocycles. The van der Waals surface area contributed by atoms with Gasteiger partial charge < -0.3 is 15.7 Å². The molecule has 0 unspecified atom stereocenters. The van der Waals surface area contributed by atoms with E-state index < -0.39 is 0 Å². The maximum atomic E-state index is 8.41. The smallest absolute Gasteiger partial charge is 0.143 e. The van der Waals surface area contributed by atoms with Gasteiger partial charge in [-0.1, -0.05) is 29.4 Å². The van der Waals surface area contributed by atoms with Crippen molar-refractivity contribution in [1.82, 2.24) is 0 Å². The lowest BCUT2D eigenvalue weighted by Gasteiger charge is -2.03. The van der Waals surface area contributed by atoms with Crippen molar-refractivity contribution in [2.45, 2.75) is 13.0 Å². The third-order valence-corrected chi connectivity index (χ3v) is 1.82. The molecule has 1 rings (SSSR count). The number of nitrogens with two attached hydrogens (primary N) is 1. The second-order valence-electron chi connectivity index (χ2n) is 3.02. The molecule has 0 aliphatic carbocycles. The van der Waals surface area contributed by atoms with Gasteiger partial charge in [0, 0.05) is 13.5 Å². The second-order valence-corrected chi connectivity index (χ2v) is 3.02. The van der Waals surface area contributed by atoms with Crippen LogP contribution in [0.2, 0.25) is 0 Å². The molecule has 4 nitrogen and oxygen atoms in total. The van der Waals surface area contributed by atoms with E-state index in [1.165, 1.54) is 0 Å². The molecular formula is C10H14N2O2. The molecule has 0 atom stereocenters. The summed E-state index contributed by atoms with van der Waals surface area (Å²) in [7, 11) is 1.65. The number of hydrogen-bond donors (Lipinski definition) is 2. The Morgan fingerprint density at radius 3 is 2.86 bits per heavy atom. The average Bonchev–Trinajstić information content (AvgIpc) is 2.19. The molecule has 0 heterocycles. The van der Waals surface area contributed by atoms with E-state index in [0.717, 1.165) is 11.1 Å². The average molecular weight is 194 g/mol. The van der Waals surface area contributed by atoms with Crippen molar-refractivity contribution in [2.75, 3.05) is 7.11 Å². The Morgan fingerprint density at radius 1 is 1.50 bits per heavy atom. The van der Waals surface area contributed by atoms with Crippen LogP contribution < -0.4 is 5.73 Å². The summed E-state index contributed by atoms with van der Waals surface area (Å²) in [6.07, 6.45) is 0.452. The molecule has 76 valence electrons. The molecule has 0 radical (unpaired) electrons. The summed E-state index contributed by atoms with van der Waals surface area (Å²) in [5.74, 6) is 0.208. The van der Waals surface area contributed by atoms with Crippen LogP contribution >= 0.6 is 0 Å². The topological polar surface area (TPSA) is 67.8 Å². The predicted octanol–water partition coefficient (Wildman–Crippen LogP) is 1.12. The molecule has 0 aliphatic rings. The van der Waals surface area contributed by atoms with Gasteiger partial charge in [0.05, 0.1) is 6.61 Å². The molecule has 0 aromatic heterocycles. The fourth-order valence-electron chi connectivity index (χ4n) is 1.24. The Hall–Kier alpha value is -1.55. The molecule has 1 aromatic rings. The first-order valence-electron chi connectivity index (χ1n) is 4.29. The van der Waals surface area contributed by atoms with Gasteiger partial charge in [-0.2, -0.15) is 0 Å². The zero-order chi connectivity index (χ0) is 10.4. The number of oxime groups is 1. The minimum Gasteiger partial charge on any atom is -0.409 e. The minimum atomic E-state index is 0.208. The van der Waals surface area contributed by atoms with Crippen molar-refractivity contribution < 1.29 is 9.94 Å². The van der Waals surface area contributed by atoms with Crippen LogP contribution in [0.15, 0.2) is 29.4 Å². The first-order valence-corrected chi connectivity index (χ1v) is 4.29. The van der Waals surface area contributed by atoms with Gasteiger partial charge in [0.15, 0.2) is 0 Å². The Balaban J connectivity index is 2.73. The summed E-state index contributed by atoms with van der Waals surface area (Å²) in [5, 5.41) is 11.3. The van der Waals surface area contributed by atoms with Crippen LogP contribution in [0.5, 0.6) is 0 Å². The molecule has 0 bridgehead atoms. The third kappa shape index (κ3) is 3.06. The van der Waals surface area contributed by atoms with E-state index in [-0.39, 0.29) is 5.84 Å². The van der Waals surface area contributed by atoms with Crippen LogP contribution in [0, 0.1) is 0 Å². The Morgan fingerprint density at radius 2 is 2.21 bits per heavy atom. The second kappa shape index (κ2) is 5.24. The van der Waals surface area contributed by atoms with E-state index in [4.69, 9.17) is 15.7 Å². The van der Waals surface area contributed by atoms with Crippen LogP contribution in [-0.4, -0.2) is 18.2 Å². The number of nitrogens with zero attached hydrogens (tertiary/aromatic N) is 1. The molecular weight excluding hydrogens is 180 g/mol. The molecule has 0 fully saturated rings. The highest BCUT2D eigenvalue weighted by atomic mass is 16.5. The third-order valence-electron chi connectivity index (χ3n) is 1.82. The van der Waals surface area contributed by atoms with Gasteiger partial charge in [-0.15, -0.1) is 0 Å². The molecule has 0 saturated heterocycles. The minimum absolute atomic E-state index is 0.208. The highest BCUT2D eigenvalue weighted by molar-refractivity contribution is 5.82. The van der Waals surface area contributed by atoms with E-state index in [1.807, 2.05) is 24.3 Å². The molecule has 3 N–H and O–H groups in total. The summed E-state index contributed by atoms with van der Waals surface area (Å²) < 4.78 is 5.00. The van der Waals surface area contributed by atoms with Crippen LogP contribution in [0.25, 0.3) is 0 Å². The van der Waals surface area contributed by atoms with Gasteiger partial charge in [-0.3, -0.25) is 0 Å². The van der Waals surface area contributed by atoms with Crippen LogP contribution in [0.3, 0.4) is 0 Å². The number of benzene rings is 1. The summed E-state index contributed by atoms with van der Waals surface area (Å²) in [5.41, 5.74) is 7.49. The van der Waals surface area contributed by atoms with Crippen LogP contribution in [-0.2, 0) is 17.8 Å². The van der Waals surface area contributed by atoms with Crippen LogP contribution in [0.1, 0.15) is 11.1 Å². The van der Waals surface area contributed by atoms with Crippen molar-refractivity contribution in [3.63, 3.8) is 0 Å². The summed E-state index contributed by atoms with van der Waals surface area (Å²) in [4.78, 5) is 0. The highest BCUT2D eigenvalue weighted by Crippen LogP contribution is 2.06. The van der Waals surface area contributed by atoms with Crippen molar-refractivity contribution in [2.24, 2.45) is 10.9 Å². The number of ether oxygens (including phenoxy) is 1. The largest absolute Gasteiger partial charge is 0.409 e. The molecule has 0 aliphatic heterocycles. The lowest BCUT2D eigenvalue weighted by Crippen LogP contribution is -2.14. The van der Waals surface area contributed by atoms with Crippen LogP contribution in [0.4, 0.5) is 0 Å². The maximum Gasteiger partial charge on any atom is 0.143 e. The van der Waals surface area contributed by atoms with Gasteiger partial charge in [0.1, 0.15) is 5.84 Å². The molecule has 14 heavy (non-hydrogen) atoms. The van der Waals surface area contributed by atoms with E-state index >= 15 is 0 Å². The lowest BCUT2D eigenvalue weighted by atomic mass is 10.1. The number of hydrogen-bond acceptors (Lipinski definition) is 3. The normalized spacial score (nSPS) is 11.6. The van der Waals surface area contributed by atoms with E-state index in [9.17, 15) is 0 Å². The van der Waals surface area contributed by atoms with E-state index in [2.05, 4.69) is 5.16 Å².